The van der Waals surface area contributed by atoms with Crippen LogP contribution in [0.15, 0.2) is 30.7 Å². The van der Waals surface area contributed by atoms with Crippen LogP contribution in [-0.4, -0.2) is 64.1 Å². The van der Waals surface area contributed by atoms with E-state index in [4.69, 9.17) is 4.74 Å². The monoisotopic (exact) mass is 493 g/mol. The lowest BCUT2D eigenvalue weighted by Crippen LogP contribution is -2.40. The molecule has 0 unspecified atom stereocenters. The summed E-state index contributed by atoms with van der Waals surface area (Å²) in [5.74, 6) is -0.319. The average Bonchev–Trinajstić information content (AvgIpc) is 3.19. The van der Waals surface area contributed by atoms with Gasteiger partial charge in [0.15, 0.2) is 6.61 Å². The highest BCUT2D eigenvalue weighted by Crippen LogP contribution is 2.21. The van der Waals surface area contributed by atoms with Crippen molar-refractivity contribution in [2.75, 3.05) is 26.2 Å². The minimum atomic E-state index is -4.44. The molecule has 3 aromatic heterocycles. The Bertz CT molecular complexity index is 1180. The van der Waals surface area contributed by atoms with E-state index < -0.39 is 12.8 Å². The summed E-state index contributed by atoms with van der Waals surface area (Å²) in [6.45, 7) is 3.43. The number of urea groups is 1. The summed E-state index contributed by atoms with van der Waals surface area (Å²) < 4.78 is 43.5. The first-order valence-corrected chi connectivity index (χ1v) is 10.9. The molecule has 0 saturated carbocycles. The first-order chi connectivity index (χ1) is 16.6. The Morgan fingerprint density at radius 2 is 1.91 bits per heavy atom. The number of fused-ring (bicyclic) bond motifs is 1. The zero-order valence-corrected chi connectivity index (χ0v) is 19.3. The van der Waals surface area contributed by atoms with E-state index in [0.717, 1.165) is 5.56 Å². The fourth-order valence-electron chi connectivity index (χ4n) is 3.28. The molecule has 0 aliphatic heterocycles. The molecule has 3 heterocycles. The molecule has 0 atom stereocenters. The molecule has 0 saturated heterocycles. The molecule has 3 N–H and O–H groups in total. The lowest BCUT2D eigenvalue weighted by molar-refractivity contribution is -0.154. The van der Waals surface area contributed by atoms with Gasteiger partial charge in [-0.15, -0.1) is 0 Å². The van der Waals surface area contributed by atoms with Gasteiger partial charge in [0.1, 0.15) is 0 Å². The number of amides is 3. The lowest BCUT2D eigenvalue weighted by atomic mass is 10.2. The Morgan fingerprint density at radius 3 is 2.63 bits per heavy atom. The molecular weight excluding hydrogens is 467 g/mol. The zero-order valence-electron chi connectivity index (χ0n) is 19.3. The minimum absolute atomic E-state index is 0.0378. The molecule has 0 fully saturated rings. The maximum absolute atomic E-state index is 12.4. The molecular formula is C22H26F3N7O3. The number of pyridine rings is 2. The molecule has 13 heteroatoms. The molecule has 0 aliphatic carbocycles. The Hall–Kier alpha value is -3.90. The number of nitrogens with one attached hydrogen (secondary N) is 3. The van der Waals surface area contributed by atoms with Gasteiger partial charge in [0.2, 0.25) is 11.8 Å². The normalized spacial score (nSPS) is 11.3. The Kier molecular flexibility index (Phi) is 8.44. The van der Waals surface area contributed by atoms with Crippen molar-refractivity contribution in [2.24, 2.45) is 0 Å². The van der Waals surface area contributed by atoms with Crippen LogP contribution in [0.4, 0.5) is 18.0 Å². The van der Waals surface area contributed by atoms with Crippen molar-refractivity contribution in [3.8, 4) is 5.88 Å². The van der Waals surface area contributed by atoms with Crippen LogP contribution >= 0.6 is 0 Å². The van der Waals surface area contributed by atoms with E-state index in [0.29, 0.717) is 41.8 Å². The van der Waals surface area contributed by atoms with E-state index in [1.54, 1.807) is 36.1 Å². The number of aryl methyl sites for hydroxylation is 1. The number of alkyl halides is 3. The largest absolute Gasteiger partial charge is 0.468 e. The number of rotatable bonds is 10. The van der Waals surface area contributed by atoms with Crippen molar-refractivity contribution in [3.05, 3.63) is 47.5 Å². The van der Waals surface area contributed by atoms with E-state index in [1.807, 2.05) is 6.92 Å². The van der Waals surface area contributed by atoms with E-state index >= 15 is 0 Å². The number of nitrogens with zero attached hydrogens (tertiary/aromatic N) is 4. The molecule has 0 bridgehead atoms. The van der Waals surface area contributed by atoms with Crippen molar-refractivity contribution in [1.29, 1.82) is 0 Å². The zero-order chi connectivity index (χ0) is 25.4. The third-order valence-electron chi connectivity index (χ3n) is 4.77. The van der Waals surface area contributed by atoms with E-state index in [9.17, 15) is 22.8 Å². The van der Waals surface area contributed by atoms with Gasteiger partial charge >= 0.3 is 12.2 Å². The average molecular weight is 493 g/mol. The fraction of sp³-hybridized carbons (Fsp3) is 0.409. The highest BCUT2D eigenvalue weighted by molar-refractivity contribution is 5.86. The van der Waals surface area contributed by atoms with E-state index in [1.165, 1.54) is 6.20 Å². The van der Waals surface area contributed by atoms with Crippen LogP contribution in [0.1, 0.15) is 23.7 Å². The third kappa shape index (κ3) is 7.83. The molecule has 188 valence electrons. The van der Waals surface area contributed by atoms with Crippen LogP contribution in [0.5, 0.6) is 5.88 Å². The van der Waals surface area contributed by atoms with E-state index in [2.05, 4.69) is 31.0 Å². The second-order valence-corrected chi connectivity index (χ2v) is 7.70. The van der Waals surface area contributed by atoms with Crippen LogP contribution in [0, 0.1) is 6.92 Å². The van der Waals surface area contributed by atoms with Gasteiger partial charge in [0, 0.05) is 49.2 Å². The van der Waals surface area contributed by atoms with Gasteiger partial charge in [0.25, 0.3) is 0 Å². The Morgan fingerprint density at radius 1 is 1.14 bits per heavy atom. The fourth-order valence-corrected chi connectivity index (χ4v) is 3.28. The van der Waals surface area contributed by atoms with Gasteiger partial charge < -0.3 is 20.7 Å². The second-order valence-electron chi connectivity index (χ2n) is 7.70. The maximum Gasteiger partial charge on any atom is 0.422 e. The van der Waals surface area contributed by atoms with Crippen molar-refractivity contribution < 1.29 is 27.5 Å². The number of hydrogen-bond acceptors (Lipinski definition) is 6. The first-order valence-electron chi connectivity index (χ1n) is 10.9. The Labute approximate surface area is 199 Å². The van der Waals surface area contributed by atoms with Crippen molar-refractivity contribution >= 4 is 22.8 Å². The molecule has 3 amide bonds. The van der Waals surface area contributed by atoms with Crippen LogP contribution in [0.3, 0.4) is 0 Å². The van der Waals surface area contributed by atoms with E-state index in [-0.39, 0.29) is 30.8 Å². The van der Waals surface area contributed by atoms with Crippen molar-refractivity contribution in [2.45, 2.75) is 33.0 Å². The van der Waals surface area contributed by atoms with Gasteiger partial charge in [-0.25, -0.2) is 9.78 Å². The minimum Gasteiger partial charge on any atom is -0.468 e. The summed E-state index contributed by atoms with van der Waals surface area (Å²) in [4.78, 5) is 32.0. The summed E-state index contributed by atoms with van der Waals surface area (Å²) in [6, 6.07) is 3.11. The quantitative estimate of drug-likeness (QED) is 0.372. The SMILES string of the molecule is CCNC(=O)NCCNC(=O)Cc1nccc2nn(Cc3cnc(OCC(F)(F)F)c(C)c3)cc12. The summed E-state index contributed by atoms with van der Waals surface area (Å²) in [5, 5.41) is 13.2. The number of carbonyl (C=O) groups excluding carboxylic acids is 2. The smallest absolute Gasteiger partial charge is 0.422 e. The summed E-state index contributed by atoms with van der Waals surface area (Å²) in [6.07, 6.45) is 0.359. The number of halogens is 3. The summed E-state index contributed by atoms with van der Waals surface area (Å²) in [7, 11) is 0. The van der Waals surface area contributed by atoms with Crippen LogP contribution < -0.4 is 20.7 Å². The first kappa shape index (κ1) is 25.7. The van der Waals surface area contributed by atoms with Crippen molar-refractivity contribution in [3.63, 3.8) is 0 Å². The van der Waals surface area contributed by atoms with Gasteiger partial charge in [-0.2, -0.15) is 18.3 Å². The van der Waals surface area contributed by atoms with Gasteiger partial charge in [-0.1, -0.05) is 0 Å². The van der Waals surface area contributed by atoms with Gasteiger partial charge in [-0.3, -0.25) is 14.5 Å². The third-order valence-corrected chi connectivity index (χ3v) is 4.77. The molecule has 0 aliphatic rings. The number of carbonyl (C=O) groups is 2. The molecule has 3 aromatic rings. The predicted molar refractivity (Wildman–Crippen MR) is 121 cm³/mol. The number of aromatic nitrogens is 4. The topological polar surface area (TPSA) is 123 Å². The number of hydrogen-bond donors (Lipinski definition) is 3. The maximum atomic E-state index is 12.4. The van der Waals surface area contributed by atoms with Crippen LogP contribution in [-0.2, 0) is 17.8 Å². The molecule has 0 radical (unpaired) electrons. The molecule has 0 spiro atoms. The predicted octanol–water partition coefficient (Wildman–Crippen LogP) is 2.10. The molecule has 0 aromatic carbocycles. The summed E-state index contributed by atoms with van der Waals surface area (Å²) >= 11 is 0. The molecule has 35 heavy (non-hydrogen) atoms. The molecule has 10 nitrogen and oxygen atoms in total. The van der Waals surface area contributed by atoms with Crippen LogP contribution in [0.2, 0.25) is 0 Å². The second kappa shape index (κ2) is 11.5. The van der Waals surface area contributed by atoms with Gasteiger partial charge in [0.05, 0.1) is 24.2 Å². The van der Waals surface area contributed by atoms with Gasteiger partial charge in [-0.05, 0) is 31.5 Å². The Balaban J connectivity index is 1.61. The highest BCUT2D eigenvalue weighted by Gasteiger charge is 2.29. The lowest BCUT2D eigenvalue weighted by Gasteiger charge is -2.11. The molecule has 3 rings (SSSR count). The van der Waals surface area contributed by atoms with Crippen LogP contribution in [0.25, 0.3) is 10.9 Å². The summed E-state index contributed by atoms with van der Waals surface area (Å²) in [5.41, 5.74) is 2.40. The van der Waals surface area contributed by atoms with Crippen molar-refractivity contribution in [1.82, 2.24) is 35.7 Å². The number of ether oxygens (including phenoxy) is 1. The highest BCUT2D eigenvalue weighted by atomic mass is 19.4. The standard InChI is InChI=1S/C22H26F3N7O3/c1-3-26-21(34)29-7-6-28-19(33)9-18-16-12-32(31-17(16)4-5-27-18)11-15-8-14(2)20(30-10-15)35-13-22(23,24)25/h4-5,8,10,12H,3,6-7,9,11,13H2,1-2H3,(H,28,33)(H2,26,29,34).